The van der Waals surface area contributed by atoms with Crippen molar-refractivity contribution in [3.63, 3.8) is 0 Å². The van der Waals surface area contributed by atoms with Crippen LogP contribution in [-0.2, 0) is 13.0 Å². The summed E-state index contributed by atoms with van der Waals surface area (Å²) in [5.41, 5.74) is 5.09. The fraction of sp³-hybridized carbons (Fsp3) is 0.250. The van der Waals surface area contributed by atoms with E-state index in [1.54, 1.807) is 0 Å². The number of hydrogen-bond donors (Lipinski definition) is 1. The van der Waals surface area contributed by atoms with Crippen LogP contribution < -0.4 is 5.32 Å². The smallest absolute Gasteiger partial charge is 0.0490 e. The summed E-state index contributed by atoms with van der Waals surface area (Å²) in [6, 6.07) is 15.0. The predicted molar refractivity (Wildman–Crippen MR) is 82.0 cm³/mol. The van der Waals surface area contributed by atoms with Gasteiger partial charge in [-0.05, 0) is 52.0 Å². The normalized spacial score (nSPS) is 10.4. The first-order valence-electron chi connectivity index (χ1n) is 6.27. The topological polar surface area (TPSA) is 12.0 Å². The zero-order valence-corrected chi connectivity index (χ0v) is 12.4. The third-order valence-corrected chi connectivity index (χ3v) is 4.16. The summed E-state index contributed by atoms with van der Waals surface area (Å²) in [7, 11) is 0. The summed E-state index contributed by atoms with van der Waals surface area (Å²) in [4.78, 5) is 0. The number of rotatable bonds is 4. The molecule has 0 heterocycles. The fourth-order valence-corrected chi connectivity index (χ4v) is 2.28. The Morgan fingerprint density at radius 3 is 2.33 bits per heavy atom. The van der Waals surface area contributed by atoms with Gasteiger partial charge in [0.05, 0.1) is 0 Å². The lowest BCUT2D eigenvalue weighted by Crippen LogP contribution is -2.00. The second-order valence-corrected chi connectivity index (χ2v) is 5.25. The zero-order valence-electron chi connectivity index (χ0n) is 10.8. The number of nitrogens with one attached hydrogen (secondary N) is 1. The van der Waals surface area contributed by atoms with Gasteiger partial charge in [0.15, 0.2) is 0 Å². The SMILES string of the molecule is CCc1ccc(CNc2cccc(C)c2Br)cc1. The Morgan fingerprint density at radius 1 is 1.00 bits per heavy atom. The number of anilines is 1. The lowest BCUT2D eigenvalue weighted by atomic mass is 10.1. The van der Waals surface area contributed by atoms with Crippen LogP contribution >= 0.6 is 15.9 Å². The molecule has 2 heteroatoms. The molecule has 18 heavy (non-hydrogen) atoms. The molecule has 1 N–H and O–H groups in total. The van der Waals surface area contributed by atoms with Crippen LogP contribution in [0.15, 0.2) is 46.9 Å². The summed E-state index contributed by atoms with van der Waals surface area (Å²) in [6.07, 6.45) is 1.09. The highest BCUT2D eigenvalue weighted by molar-refractivity contribution is 9.10. The Bertz CT molecular complexity index is 517. The molecule has 0 amide bonds. The van der Waals surface area contributed by atoms with Crippen LogP contribution in [0.4, 0.5) is 5.69 Å². The van der Waals surface area contributed by atoms with Crippen molar-refractivity contribution in [2.24, 2.45) is 0 Å². The van der Waals surface area contributed by atoms with Crippen LogP contribution in [-0.4, -0.2) is 0 Å². The van der Waals surface area contributed by atoms with Gasteiger partial charge in [0, 0.05) is 16.7 Å². The van der Waals surface area contributed by atoms with Gasteiger partial charge >= 0.3 is 0 Å². The molecule has 0 atom stereocenters. The van der Waals surface area contributed by atoms with Crippen LogP contribution in [0.25, 0.3) is 0 Å². The van der Waals surface area contributed by atoms with Gasteiger partial charge in [0.2, 0.25) is 0 Å². The second kappa shape index (κ2) is 6.05. The minimum absolute atomic E-state index is 0.853. The van der Waals surface area contributed by atoms with Gasteiger partial charge in [0.25, 0.3) is 0 Å². The largest absolute Gasteiger partial charge is 0.380 e. The molecular formula is C16H18BrN. The molecule has 2 rings (SSSR count). The Labute approximate surface area is 117 Å². The molecule has 0 radical (unpaired) electrons. The maximum atomic E-state index is 3.61. The van der Waals surface area contributed by atoms with Gasteiger partial charge in [-0.15, -0.1) is 0 Å². The molecular weight excluding hydrogens is 286 g/mol. The molecule has 0 unspecified atom stereocenters. The molecule has 0 bridgehead atoms. The molecule has 0 aliphatic rings. The number of halogens is 1. The highest BCUT2D eigenvalue weighted by Gasteiger charge is 2.01. The Balaban J connectivity index is 2.04. The van der Waals surface area contributed by atoms with E-state index in [0.29, 0.717) is 0 Å². The summed E-state index contributed by atoms with van der Waals surface area (Å²) >= 11 is 3.61. The van der Waals surface area contributed by atoms with Crippen LogP contribution in [0.5, 0.6) is 0 Å². The molecule has 0 saturated carbocycles. The van der Waals surface area contributed by atoms with E-state index < -0.39 is 0 Å². The molecule has 94 valence electrons. The van der Waals surface area contributed by atoms with Crippen molar-refractivity contribution < 1.29 is 0 Å². The standard InChI is InChI=1S/C16H18BrN/c1-3-13-7-9-14(10-8-13)11-18-15-6-4-5-12(2)16(15)17/h4-10,18H,3,11H2,1-2H3. The van der Waals surface area contributed by atoms with E-state index in [1.807, 2.05) is 0 Å². The number of benzene rings is 2. The third kappa shape index (κ3) is 3.14. The molecule has 1 nitrogen and oxygen atoms in total. The van der Waals surface area contributed by atoms with Crippen molar-refractivity contribution in [2.45, 2.75) is 26.8 Å². The van der Waals surface area contributed by atoms with Crippen LogP contribution in [0.1, 0.15) is 23.6 Å². The highest BCUT2D eigenvalue weighted by Crippen LogP contribution is 2.26. The number of hydrogen-bond acceptors (Lipinski definition) is 1. The molecule has 0 saturated heterocycles. The molecule has 2 aromatic carbocycles. The van der Waals surface area contributed by atoms with Crippen molar-refractivity contribution in [1.82, 2.24) is 0 Å². The highest BCUT2D eigenvalue weighted by atomic mass is 79.9. The summed E-state index contributed by atoms with van der Waals surface area (Å²) < 4.78 is 1.15. The maximum Gasteiger partial charge on any atom is 0.0490 e. The monoisotopic (exact) mass is 303 g/mol. The molecule has 0 aliphatic heterocycles. The Morgan fingerprint density at radius 2 is 1.67 bits per heavy atom. The average Bonchev–Trinajstić information content (AvgIpc) is 2.41. The molecule has 0 fully saturated rings. The summed E-state index contributed by atoms with van der Waals surface area (Å²) in [5, 5.41) is 3.46. The van der Waals surface area contributed by atoms with Crippen LogP contribution in [0, 0.1) is 6.92 Å². The van der Waals surface area contributed by atoms with Crippen molar-refractivity contribution >= 4 is 21.6 Å². The zero-order chi connectivity index (χ0) is 13.0. The predicted octanol–water partition coefficient (Wildman–Crippen LogP) is 4.93. The molecule has 0 aliphatic carbocycles. The quantitative estimate of drug-likeness (QED) is 0.844. The van der Waals surface area contributed by atoms with Gasteiger partial charge in [-0.25, -0.2) is 0 Å². The summed E-state index contributed by atoms with van der Waals surface area (Å²) in [6.45, 7) is 5.13. The maximum absolute atomic E-state index is 3.61. The average molecular weight is 304 g/mol. The van der Waals surface area contributed by atoms with Gasteiger partial charge in [-0.2, -0.15) is 0 Å². The summed E-state index contributed by atoms with van der Waals surface area (Å²) in [5.74, 6) is 0. The van der Waals surface area contributed by atoms with Gasteiger partial charge in [0.1, 0.15) is 0 Å². The van der Waals surface area contributed by atoms with E-state index >= 15 is 0 Å². The van der Waals surface area contributed by atoms with Gasteiger partial charge in [-0.3, -0.25) is 0 Å². The van der Waals surface area contributed by atoms with E-state index in [2.05, 4.69) is 77.6 Å². The van der Waals surface area contributed by atoms with Gasteiger partial charge in [-0.1, -0.05) is 43.3 Å². The minimum Gasteiger partial charge on any atom is -0.380 e. The Hall–Kier alpha value is -1.28. The molecule has 0 aromatic heterocycles. The first-order valence-corrected chi connectivity index (χ1v) is 7.07. The fourth-order valence-electron chi connectivity index (χ4n) is 1.87. The molecule has 0 spiro atoms. The number of aryl methyl sites for hydroxylation is 2. The van der Waals surface area contributed by atoms with Crippen LogP contribution in [0.3, 0.4) is 0 Å². The molecule has 2 aromatic rings. The minimum atomic E-state index is 0.853. The lowest BCUT2D eigenvalue weighted by molar-refractivity contribution is 1.10. The van der Waals surface area contributed by atoms with E-state index in [-0.39, 0.29) is 0 Å². The second-order valence-electron chi connectivity index (χ2n) is 4.46. The third-order valence-electron chi connectivity index (χ3n) is 3.11. The first-order chi connectivity index (χ1) is 8.70. The van der Waals surface area contributed by atoms with E-state index in [4.69, 9.17) is 0 Å². The first kappa shape index (κ1) is 13.2. The van der Waals surface area contributed by atoms with Gasteiger partial charge < -0.3 is 5.32 Å². The van der Waals surface area contributed by atoms with Crippen molar-refractivity contribution in [3.8, 4) is 0 Å². The van der Waals surface area contributed by atoms with Crippen molar-refractivity contribution in [1.29, 1.82) is 0 Å². The van der Waals surface area contributed by atoms with Crippen molar-refractivity contribution in [2.75, 3.05) is 5.32 Å². The van der Waals surface area contributed by atoms with Crippen LogP contribution in [0.2, 0.25) is 0 Å². The Kier molecular flexibility index (Phi) is 4.43. The van der Waals surface area contributed by atoms with E-state index in [0.717, 1.165) is 23.1 Å². The van der Waals surface area contributed by atoms with E-state index in [1.165, 1.54) is 16.7 Å². The lowest BCUT2D eigenvalue weighted by Gasteiger charge is -2.10. The van der Waals surface area contributed by atoms with E-state index in [9.17, 15) is 0 Å². The van der Waals surface area contributed by atoms with Crippen molar-refractivity contribution in [3.05, 3.63) is 63.6 Å².